The van der Waals surface area contributed by atoms with Crippen LogP contribution in [0.3, 0.4) is 0 Å². The van der Waals surface area contributed by atoms with Crippen LogP contribution in [0.5, 0.6) is 0 Å². The number of alkyl halides is 3. The van der Waals surface area contributed by atoms with Crippen LogP contribution in [-0.2, 0) is 6.18 Å². The van der Waals surface area contributed by atoms with Crippen molar-refractivity contribution in [2.24, 2.45) is 5.92 Å². The van der Waals surface area contributed by atoms with Crippen molar-refractivity contribution in [2.75, 3.05) is 26.2 Å². The van der Waals surface area contributed by atoms with E-state index in [4.69, 9.17) is 11.6 Å². The molecule has 0 radical (unpaired) electrons. The number of nitrogens with zero attached hydrogens (tertiary/aromatic N) is 2. The first-order valence-electron chi connectivity index (χ1n) is 11.8. The van der Waals surface area contributed by atoms with Gasteiger partial charge in [0.25, 0.3) is 0 Å². The van der Waals surface area contributed by atoms with Crippen LogP contribution in [0.25, 0.3) is 0 Å². The summed E-state index contributed by atoms with van der Waals surface area (Å²) in [4.78, 5) is 29.7. The average molecular weight is 509 g/mol. The lowest BCUT2D eigenvalue weighted by atomic mass is 9.81. The predicted octanol–water partition coefficient (Wildman–Crippen LogP) is 5.61. The quantitative estimate of drug-likeness (QED) is 0.546. The summed E-state index contributed by atoms with van der Waals surface area (Å²) in [7, 11) is 0. The number of carbonyl (C=O) groups is 2. The number of amides is 2. The lowest BCUT2D eigenvalue weighted by Gasteiger charge is -2.41. The van der Waals surface area contributed by atoms with Gasteiger partial charge in [0, 0.05) is 49.1 Å². The zero-order valence-electron chi connectivity index (χ0n) is 19.2. The van der Waals surface area contributed by atoms with Crippen molar-refractivity contribution in [1.29, 1.82) is 0 Å². The second-order valence-corrected chi connectivity index (χ2v) is 9.90. The summed E-state index contributed by atoms with van der Waals surface area (Å²) < 4.78 is 39.1. The summed E-state index contributed by atoms with van der Waals surface area (Å²) in [5.74, 6) is -0.427. The molecule has 2 aliphatic heterocycles. The van der Waals surface area contributed by atoms with Crippen molar-refractivity contribution in [2.45, 2.75) is 43.9 Å². The van der Waals surface area contributed by atoms with Gasteiger partial charge in [-0.3, -0.25) is 4.79 Å². The van der Waals surface area contributed by atoms with Crippen LogP contribution in [-0.4, -0.2) is 59.0 Å². The van der Waals surface area contributed by atoms with Crippen molar-refractivity contribution in [3.8, 4) is 0 Å². The molecule has 9 heteroatoms. The molecule has 2 unspecified atom stereocenters. The molecular weight excluding hydrogens is 481 g/mol. The Morgan fingerprint density at radius 1 is 1.00 bits per heavy atom. The normalized spacial score (nSPS) is 21.7. The van der Waals surface area contributed by atoms with Gasteiger partial charge >= 0.3 is 12.2 Å². The summed E-state index contributed by atoms with van der Waals surface area (Å²) in [6.07, 6.45) is -3.02. The van der Waals surface area contributed by atoms with E-state index in [1.807, 2.05) is 0 Å². The number of likely N-dealkylation sites (tertiary alicyclic amines) is 2. The number of Topliss-reactive ketones (excluding diaryl/α,β-unsaturated/α-hetero) is 1. The van der Waals surface area contributed by atoms with Gasteiger partial charge < -0.3 is 14.9 Å². The number of ketones is 1. The molecule has 2 aromatic carbocycles. The van der Waals surface area contributed by atoms with Crippen LogP contribution >= 0.6 is 11.6 Å². The monoisotopic (exact) mass is 508 g/mol. The SMILES string of the molecule is O=C(CC1CC(c2ccc(C(F)(F)F)cc2)CN(C(=O)N2CCC(O)CC2)C1)c1cccc(Cl)c1. The number of rotatable bonds is 4. The molecule has 2 aliphatic rings. The molecule has 0 bridgehead atoms. The van der Waals surface area contributed by atoms with Gasteiger partial charge in [-0.25, -0.2) is 4.79 Å². The molecule has 0 aliphatic carbocycles. The van der Waals surface area contributed by atoms with Gasteiger partial charge in [-0.15, -0.1) is 0 Å². The predicted molar refractivity (Wildman–Crippen MR) is 126 cm³/mol. The minimum absolute atomic E-state index is 0.0842. The second kappa shape index (κ2) is 10.6. The van der Waals surface area contributed by atoms with E-state index in [0.29, 0.717) is 61.6 Å². The van der Waals surface area contributed by atoms with E-state index < -0.39 is 17.8 Å². The fourth-order valence-corrected chi connectivity index (χ4v) is 5.18. The molecule has 0 spiro atoms. The number of piperidine rings is 2. The zero-order valence-corrected chi connectivity index (χ0v) is 19.9. The molecule has 2 amide bonds. The second-order valence-electron chi connectivity index (χ2n) is 9.46. The molecule has 2 atom stereocenters. The molecule has 2 saturated heterocycles. The van der Waals surface area contributed by atoms with Crippen molar-refractivity contribution in [3.05, 3.63) is 70.2 Å². The molecule has 2 fully saturated rings. The number of aliphatic hydroxyl groups is 1. The molecule has 35 heavy (non-hydrogen) atoms. The van der Waals surface area contributed by atoms with Gasteiger partial charge in [-0.05, 0) is 55.0 Å². The fourth-order valence-electron chi connectivity index (χ4n) is 4.99. The van der Waals surface area contributed by atoms with E-state index >= 15 is 0 Å². The molecule has 4 rings (SSSR count). The number of halogens is 4. The highest BCUT2D eigenvalue weighted by molar-refractivity contribution is 6.31. The van der Waals surface area contributed by atoms with Crippen LogP contribution in [0.15, 0.2) is 48.5 Å². The Morgan fingerprint density at radius 3 is 2.31 bits per heavy atom. The number of hydrogen-bond donors (Lipinski definition) is 1. The Hall–Kier alpha value is -2.58. The van der Waals surface area contributed by atoms with Crippen LogP contribution in [0.4, 0.5) is 18.0 Å². The van der Waals surface area contributed by atoms with E-state index in [-0.39, 0.29) is 30.1 Å². The maximum absolute atomic E-state index is 13.3. The van der Waals surface area contributed by atoms with Gasteiger partial charge in [-0.2, -0.15) is 13.2 Å². The number of urea groups is 1. The standard InChI is InChI=1S/C26H28ClF3N2O3/c27-22-3-1-2-19(14-22)24(34)13-17-12-20(18-4-6-21(7-5-18)26(28,29)30)16-32(15-17)25(35)31-10-8-23(33)9-11-31/h1-7,14,17,20,23,33H,8-13,15-16H2. The van der Waals surface area contributed by atoms with Crippen molar-refractivity contribution < 1.29 is 27.9 Å². The summed E-state index contributed by atoms with van der Waals surface area (Å²) in [5.41, 5.74) is 0.492. The highest BCUT2D eigenvalue weighted by atomic mass is 35.5. The number of benzene rings is 2. The van der Waals surface area contributed by atoms with Gasteiger partial charge in [0.05, 0.1) is 11.7 Å². The molecule has 0 saturated carbocycles. The van der Waals surface area contributed by atoms with E-state index in [1.165, 1.54) is 12.1 Å². The third kappa shape index (κ3) is 6.35. The van der Waals surface area contributed by atoms with Crippen LogP contribution in [0, 0.1) is 5.92 Å². The molecule has 0 aromatic heterocycles. The highest BCUT2D eigenvalue weighted by Crippen LogP contribution is 2.36. The average Bonchev–Trinajstić information content (AvgIpc) is 2.83. The maximum Gasteiger partial charge on any atom is 0.416 e. The van der Waals surface area contributed by atoms with E-state index in [1.54, 1.807) is 34.1 Å². The molecule has 1 N–H and O–H groups in total. The largest absolute Gasteiger partial charge is 0.416 e. The summed E-state index contributed by atoms with van der Waals surface area (Å²) in [5, 5.41) is 10.2. The summed E-state index contributed by atoms with van der Waals surface area (Å²) in [6, 6.07) is 11.6. The highest BCUT2D eigenvalue weighted by Gasteiger charge is 2.36. The van der Waals surface area contributed by atoms with Crippen molar-refractivity contribution >= 4 is 23.4 Å². The minimum atomic E-state index is -4.42. The Morgan fingerprint density at radius 2 is 1.69 bits per heavy atom. The van der Waals surface area contributed by atoms with Gasteiger partial charge in [0.15, 0.2) is 5.78 Å². The Kier molecular flexibility index (Phi) is 7.71. The first-order valence-corrected chi connectivity index (χ1v) is 12.2. The first-order chi connectivity index (χ1) is 16.6. The van der Waals surface area contributed by atoms with Gasteiger partial charge in [-0.1, -0.05) is 35.9 Å². The number of hydrogen-bond acceptors (Lipinski definition) is 3. The van der Waals surface area contributed by atoms with Gasteiger partial charge in [0.1, 0.15) is 0 Å². The summed E-state index contributed by atoms with van der Waals surface area (Å²) in [6.45, 7) is 1.66. The third-order valence-corrected chi connectivity index (χ3v) is 7.11. The Bertz CT molecular complexity index is 1050. The minimum Gasteiger partial charge on any atom is -0.393 e. The summed E-state index contributed by atoms with van der Waals surface area (Å²) >= 11 is 6.03. The lowest BCUT2D eigenvalue weighted by Crippen LogP contribution is -2.52. The van der Waals surface area contributed by atoms with Crippen molar-refractivity contribution in [1.82, 2.24) is 9.80 Å². The molecule has 2 heterocycles. The maximum atomic E-state index is 13.3. The Labute approximate surface area is 207 Å². The van der Waals surface area contributed by atoms with Crippen LogP contribution < -0.4 is 0 Å². The zero-order chi connectivity index (χ0) is 25.2. The molecular formula is C26H28ClF3N2O3. The van der Waals surface area contributed by atoms with E-state index in [9.17, 15) is 27.9 Å². The molecule has 188 valence electrons. The van der Waals surface area contributed by atoms with Crippen LogP contribution in [0.2, 0.25) is 5.02 Å². The smallest absolute Gasteiger partial charge is 0.393 e. The fraction of sp³-hybridized carbons (Fsp3) is 0.462. The number of carbonyl (C=O) groups excluding carboxylic acids is 2. The van der Waals surface area contributed by atoms with Crippen LogP contribution in [0.1, 0.15) is 53.1 Å². The van der Waals surface area contributed by atoms with Gasteiger partial charge in [0.2, 0.25) is 0 Å². The van der Waals surface area contributed by atoms with Crippen molar-refractivity contribution in [3.63, 3.8) is 0 Å². The Balaban J connectivity index is 1.54. The topological polar surface area (TPSA) is 60.9 Å². The van der Waals surface area contributed by atoms with E-state index in [0.717, 1.165) is 12.1 Å². The third-order valence-electron chi connectivity index (χ3n) is 6.87. The lowest BCUT2D eigenvalue weighted by molar-refractivity contribution is -0.137. The molecule has 5 nitrogen and oxygen atoms in total. The first kappa shape index (κ1) is 25.5. The number of aliphatic hydroxyl groups excluding tert-OH is 1. The van der Waals surface area contributed by atoms with E-state index in [2.05, 4.69) is 0 Å². The molecule has 2 aromatic rings.